The minimum atomic E-state index is -0.774. The van der Waals surface area contributed by atoms with Crippen LogP contribution in [0, 0.1) is 11.7 Å². The van der Waals surface area contributed by atoms with Crippen LogP contribution in [0.3, 0.4) is 0 Å². The molecule has 1 aromatic carbocycles. The summed E-state index contributed by atoms with van der Waals surface area (Å²) in [5, 5.41) is 6.84. The van der Waals surface area contributed by atoms with Crippen LogP contribution in [0.25, 0.3) is 0 Å². The third kappa shape index (κ3) is 7.75. The van der Waals surface area contributed by atoms with Gasteiger partial charge in [0.2, 0.25) is 5.91 Å². The minimum Gasteiger partial charge on any atom is -0.496 e. The maximum absolute atomic E-state index is 14.1. The quantitative estimate of drug-likeness (QED) is 0.340. The summed E-state index contributed by atoms with van der Waals surface area (Å²) in [6, 6.07) is 3.52. The molecule has 0 aliphatic heterocycles. The van der Waals surface area contributed by atoms with Gasteiger partial charge in [-0.1, -0.05) is 19.0 Å². The number of amides is 1. The fourth-order valence-corrected chi connectivity index (χ4v) is 3.59. The molecule has 2 atom stereocenters. The van der Waals surface area contributed by atoms with Crippen LogP contribution in [0.15, 0.2) is 39.1 Å². The van der Waals surface area contributed by atoms with Crippen LogP contribution in [0.2, 0.25) is 0 Å². The fraction of sp³-hybridized carbons (Fsp3) is 0.538. The number of nitrogens with zero attached hydrogens (tertiary/aromatic N) is 3. The van der Waals surface area contributed by atoms with Crippen molar-refractivity contribution in [2.24, 2.45) is 11.1 Å². The van der Waals surface area contributed by atoms with Gasteiger partial charge in [0.25, 0.3) is 5.56 Å². The van der Waals surface area contributed by atoms with Crippen molar-refractivity contribution >= 4 is 11.6 Å². The van der Waals surface area contributed by atoms with Crippen LogP contribution in [-0.4, -0.2) is 47.1 Å². The maximum Gasteiger partial charge on any atom is 0.331 e. The Bertz CT molecular complexity index is 1230. The van der Waals surface area contributed by atoms with Gasteiger partial charge in [-0.3, -0.25) is 18.7 Å². The first-order valence-electron chi connectivity index (χ1n) is 12.1. The Morgan fingerprint density at radius 1 is 1.11 bits per heavy atom. The van der Waals surface area contributed by atoms with E-state index >= 15 is 0 Å². The van der Waals surface area contributed by atoms with E-state index in [9.17, 15) is 18.8 Å². The zero-order valence-corrected chi connectivity index (χ0v) is 22.7. The molecule has 10 nitrogen and oxygen atoms in total. The van der Waals surface area contributed by atoms with Gasteiger partial charge in [-0.25, -0.2) is 9.18 Å². The summed E-state index contributed by atoms with van der Waals surface area (Å²) in [6.07, 6.45) is 0.399. The van der Waals surface area contributed by atoms with Crippen molar-refractivity contribution in [3.05, 3.63) is 62.2 Å². The molecular formula is C26H37FN4O6. The molecule has 0 fully saturated rings. The number of nitrogens with one attached hydrogen (secondary N) is 1. The maximum atomic E-state index is 14.1. The summed E-state index contributed by atoms with van der Waals surface area (Å²) in [5.41, 5.74) is -0.365. The molecule has 2 aromatic rings. The van der Waals surface area contributed by atoms with Gasteiger partial charge in [0.05, 0.1) is 31.5 Å². The lowest BCUT2D eigenvalue weighted by Crippen LogP contribution is -2.48. The summed E-state index contributed by atoms with van der Waals surface area (Å²) in [6.45, 7) is 10.3. The first-order chi connectivity index (χ1) is 17.4. The molecule has 11 heteroatoms. The highest BCUT2D eigenvalue weighted by Gasteiger charge is 2.22. The van der Waals surface area contributed by atoms with Crippen molar-refractivity contribution in [1.29, 1.82) is 0 Å². The normalized spacial score (nSPS) is 13.5. The molecule has 0 aliphatic rings. The second-order valence-corrected chi connectivity index (χ2v) is 9.40. The second-order valence-electron chi connectivity index (χ2n) is 9.40. The van der Waals surface area contributed by atoms with E-state index in [2.05, 4.69) is 10.5 Å². The number of halogens is 1. The molecule has 37 heavy (non-hydrogen) atoms. The van der Waals surface area contributed by atoms with Crippen LogP contribution < -0.4 is 21.3 Å². The number of ether oxygens (including phenoxy) is 2. The number of benzene rings is 1. The molecule has 2 rings (SSSR count). The van der Waals surface area contributed by atoms with Gasteiger partial charge in [-0.2, -0.15) is 0 Å². The van der Waals surface area contributed by atoms with E-state index in [1.54, 1.807) is 41.5 Å². The van der Waals surface area contributed by atoms with Gasteiger partial charge in [-0.05, 0) is 45.9 Å². The zero-order chi connectivity index (χ0) is 27.9. The van der Waals surface area contributed by atoms with E-state index in [-0.39, 0.29) is 42.3 Å². The average Bonchev–Trinajstić information content (AvgIpc) is 2.84. The molecule has 1 aromatic heterocycles. The summed E-state index contributed by atoms with van der Waals surface area (Å²) in [4.78, 5) is 44.3. The lowest BCUT2D eigenvalue weighted by Gasteiger charge is -2.22. The van der Waals surface area contributed by atoms with Crippen LogP contribution in [-0.2, 0) is 27.5 Å². The number of carbonyl (C=O) groups is 1. The van der Waals surface area contributed by atoms with E-state index in [1.807, 2.05) is 0 Å². The highest BCUT2D eigenvalue weighted by atomic mass is 19.1. The smallest absolute Gasteiger partial charge is 0.331 e. The number of methoxy groups -OCH3 is 2. The largest absolute Gasteiger partial charge is 0.496 e. The number of hydrogen-bond donors (Lipinski definition) is 1. The van der Waals surface area contributed by atoms with Crippen LogP contribution in [0.4, 0.5) is 4.39 Å². The van der Waals surface area contributed by atoms with Crippen molar-refractivity contribution in [1.82, 2.24) is 14.5 Å². The Labute approximate surface area is 216 Å². The molecule has 0 aliphatic carbocycles. The van der Waals surface area contributed by atoms with E-state index in [1.165, 1.54) is 43.2 Å². The molecule has 1 unspecified atom stereocenters. The lowest BCUT2D eigenvalue weighted by atomic mass is 10.1. The lowest BCUT2D eigenvalue weighted by molar-refractivity contribution is -0.124. The first kappa shape index (κ1) is 29.8. The zero-order valence-electron chi connectivity index (χ0n) is 22.7. The Hall–Kier alpha value is -3.47. The van der Waals surface area contributed by atoms with Crippen LogP contribution in [0.1, 0.15) is 58.8 Å². The van der Waals surface area contributed by atoms with Crippen molar-refractivity contribution in [3.63, 3.8) is 0 Å². The number of oxime groups is 1. The predicted octanol–water partition coefficient (Wildman–Crippen LogP) is 2.86. The van der Waals surface area contributed by atoms with Crippen molar-refractivity contribution < 1.29 is 23.5 Å². The molecule has 0 spiro atoms. The molecule has 0 saturated carbocycles. The number of aromatic nitrogens is 2. The number of hydrogen-bond acceptors (Lipinski definition) is 7. The molecule has 0 saturated heterocycles. The Balaban J connectivity index is 2.62. The molecule has 1 N–H and O–H groups in total. The first-order valence-corrected chi connectivity index (χ1v) is 12.1. The molecule has 0 bridgehead atoms. The monoisotopic (exact) mass is 520 g/mol. The van der Waals surface area contributed by atoms with E-state index in [4.69, 9.17) is 14.3 Å². The Morgan fingerprint density at radius 2 is 1.78 bits per heavy atom. The predicted molar refractivity (Wildman–Crippen MR) is 139 cm³/mol. The second kappa shape index (κ2) is 13.2. The van der Waals surface area contributed by atoms with Gasteiger partial charge in [-0.15, -0.1) is 0 Å². The van der Waals surface area contributed by atoms with E-state index in [0.29, 0.717) is 11.3 Å². The standard InChI is InChI=1S/C26H37FN4O6/c1-15(2)24(32)28-17(5)12-31-25(33)21(18(6)29-37-16(3)4)13-30(26(31)34)14-23(36-8)20-11-19(27)9-10-22(20)35-7/h9-11,13,15-17,23H,12,14H2,1-8H3,(H,28,32)/b29-18+/t17-,23?/m0/s1. The highest BCUT2D eigenvalue weighted by Crippen LogP contribution is 2.29. The number of rotatable bonds is 12. The molecule has 1 amide bonds. The highest BCUT2D eigenvalue weighted by molar-refractivity contribution is 5.97. The molecular weight excluding hydrogens is 483 g/mol. The average molecular weight is 521 g/mol. The van der Waals surface area contributed by atoms with E-state index < -0.39 is 29.2 Å². The molecule has 0 radical (unpaired) electrons. The number of carbonyl (C=O) groups excluding carboxylic acids is 1. The van der Waals surface area contributed by atoms with Crippen molar-refractivity contribution in [2.75, 3.05) is 14.2 Å². The third-order valence-corrected chi connectivity index (χ3v) is 5.58. The summed E-state index contributed by atoms with van der Waals surface area (Å²) >= 11 is 0. The minimum absolute atomic E-state index is 0.0481. The Kier molecular flexibility index (Phi) is 10.6. The summed E-state index contributed by atoms with van der Waals surface area (Å²) in [7, 11) is 2.89. The van der Waals surface area contributed by atoms with Gasteiger partial charge >= 0.3 is 5.69 Å². The molecule has 1 heterocycles. The topological polar surface area (TPSA) is 113 Å². The van der Waals surface area contributed by atoms with Gasteiger partial charge < -0.3 is 19.6 Å². The van der Waals surface area contributed by atoms with Crippen LogP contribution in [0.5, 0.6) is 5.75 Å². The van der Waals surface area contributed by atoms with E-state index in [0.717, 1.165) is 4.57 Å². The third-order valence-electron chi connectivity index (χ3n) is 5.58. The summed E-state index contributed by atoms with van der Waals surface area (Å²) < 4.78 is 27.4. The van der Waals surface area contributed by atoms with Gasteiger partial charge in [0.15, 0.2) is 0 Å². The fourth-order valence-electron chi connectivity index (χ4n) is 3.59. The molecule has 204 valence electrons. The van der Waals surface area contributed by atoms with Crippen molar-refractivity contribution in [3.8, 4) is 5.75 Å². The van der Waals surface area contributed by atoms with Crippen molar-refractivity contribution in [2.45, 2.75) is 72.9 Å². The Morgan fingerprint density at radius 3 is 2.35 bits per heavy atom. The van der Waals surface area contributed by atoms with Gasteiger partial charge in [0, 0.05) is 30.8 Å². The SMILES string of the molecule is COc1ccc(F)cc1C(Cn1cc(/C(C)=N/OC(C)C)c(=O)n(C[C@H](C)NC(=O)C(C)C)c1=O)OC. The van der Waals surface area contributed by atoms with Crippen LogP contribution >= 0.6 is 0 Å². The summed E-state index contributed by atoms with van der Waals surface area (Å²) in [5.74, 6) is -0.548. The van der Waals surface area contributed by atoms with Gasteiger partial charge in [0.1, 0.15) is 23.8 Å².